The van der Waals surface area contributed by atoms with Gasteiger partial charge in [0.25, 0.3) is 0 Å². The second kappa shape index (κ2) is 9.82. The summed E-state index contributed by atoms with van der Waals surface area (Å²) in [5.41, 5.74) is 0.478. The van der Waals surface area contributed by atoms with Crippen molar-refractivity contribution in [3.63, 3.8) is 0 Å². The van der Waals surface area contributed by atoms with Crippen LogP contribution in [-0.4, -0.2) is 39.9 Å². The molecule has 0 unspecified atom stereocenters. The largest absolute Gasteiger partial charge is 0.497 e. The smallest absolute Gasteiger partial charge is 0.338 e. The standard InChI is InChI=1S/C20H20N2O6S/c1-14(19(23)15-4-8-17(27-2)9-5-15)28-20(24)16-6-10-18(11-7-16)29(25,26)22-13-3-12-21/h4-11,14,22H,3,13H2,1-2H3/t14-/m0/s1. The number of ether oxygens (including phenoxy) is 2. The van der Waals surface area contributed by atoms with Crippen molar-refractivity contribution >= 4 is 21.8 Å². The molecule has 2 aromatic rings. The number of Topliss-reactive ketones (excluding diaryl/α,β-unsaturated/α-hetero) is 1. The number of hydrogen-bond acceptors (Lipinski definition) is 7. The van der Waals surface area contributed by atoms with Gasteiger partial charge in [0.2, 0.25) is 15.8 Å². The van der Waals surface area contributed by atoms with Gasteiger partial charge in [-0.05, 0) is 55.5 Å². The van der Waals surface area contributed by atoms with E-state index in [1.54, 1.807) is 24.3 Å². The van der Waals surface area contributed by atoms with Gasteiger partial charge < -0.3 is 9.47 Å². The van der Waals surface area contributed by atoms with Crippen molar-refractivity contribution in [3.8, 4) is 11.8 Å². The first-order valence-corrected chi connectivity index (χ1v) is 10.1. The van der Waals surface area contributed by atoms with Crippen molar-refractivity contribution in [2.24, 2.45) is 0 Å². The molecule has 2 rings (SSSR count). The highest BCUT2D eigenvalue weighted by Gasteiger charge is 2.21. The number of nitriles is 1. The normalized spacial score (nSPS) is 11.9. The van der Waals surface area contributed by atoms with Crippen LogP contribution in [0.3, 0.4) is 0 Å². The van der Waals surface area contributed by atoms with Crippen LogP contribution in [0.25, 0.3) is 0 Å². The highest BCUT2D eigenvalue weighted by atomic mass is 32.2. The summed E-state index contributed by atoms with van der Waals surface area (Å²) in [4.78, 5) is 24.6. The van der Waals surface area contributed by atoms with Crippen molar-refractivity contribution < 1.29 is 27.5 Å². The molecule has 29 heavy (non-hydrogen) atoms. The minimum Gasteiger partial charge on any atom is -0.497 e. The van der Waals surface area contributed by atoms with Gasteiger partial charge >= 0.3 is 5.97 Å². The van der Waals surface area contributed by atoms with Gasteiger partial charge in [-0.2, -0.15) is 5.26 Å². The fourth-order valence-electron chi connectivity index (χ4n) is 2.37. The van der Waals surface area contributed by atoms with Gasteiger partial charge in [0.05, 0.1) is 23.6 Å². The molecule has 0 spiro atoms. The molecule has 1 atom stereocenters. The van der Waals surface area contributed by atoms with E-state index < -0.39 is 22.1 Å². The minimum absolute atomic E-state index is 0.00634. The zero-order chi connectivity index (χ0) is 21.4. The number of nitrogens with zero attached hydrogens (tertiary/aromatic N) is 1. The van der Waals surface area contributed by atoms with Crippen LogP contribution < -0.4 is 9.46 Å². The molecule has 0 saturated heterocycles. The highest BCUT2D eigenvalue weighted by Crippen LogP contribution is 2.16. The summed E-state index contributed by atoms with van der Waals surface area (Å²) in [7, 11) is -2.26. The van der Waals surface area contributed by atoms with E-state index in [0.717, 1.165) is 0 Å². The maximum atomic E-state index is 12.4. The quantitative estimate of drug-likeness (QED) is 0.378. The molecular weight excluding hydrogens is 396 g/mol. The van der Waals surface area contributed by atoms with E-state index in [1.165, 1.54) is 38.3 Å². The molecular formula is C20H20N2O6S. The molecule has 0 amide bonds. The van der Waals surface area contributed by atoms with E-state index >= 15 is 0 Å². The number of sulfonamides is 1. The zero-order valence-electron chi connectivity index (χ0n) is 15.9. The third kappa shape index (κ3) is 5.88. The Morgan fingerprint density at radius 1 is 1.07 bits per heavy atom. The molecule has 0 bridgehead atoms. The molecule has 1 N–H and O–H groups in total. The lowest BCUT2D eigenvalue weighted by Gasteiger charge is -2.13. The lowest BCUT2D eigenvalue weighted by Crippen LogP contribution is -2.25. The van der Waals surface area contributed by atoms with Gasteiger partial charge in [-0.25, -0.2) is 17.9 Å². The Morgan fingerprint density at radius 2 is 1.66 bits per heavy atom. The fraction of sp³-hybridized carbons (Fsp3) is 0.250. The van der Waals surface area contributed by atoms with Crippen molar-refractivity contribution in [2.45, 2.75) is 24.3 Å². The van der Waals surface area contributed by atoms with Gasteiger partial charge in [-0.15, -0.1) is 0 Å². The monoisotopic (exact) mass is 416 g/mol. The van der Waals surface area contributed by atoms with E-state index in [9.17, 15) is 18.0 Å². The summed E-state index contributed by atoms with van der Waals surface area (Å²) in [5.74, 6) is -0.522. The zero-order valence-corrected chi connectivity index (χ0v) is 16.7. The van der Waals surface area contributed by atoms with Crippen LogP contribution >= 0.6 is 0 Å². The number of benzene rings is 2. The maximum Gasteiger partial charge on any atom is 0.338 e. The number of carbonyl (C=O) groups excluding carboxylic acids is 2. The topological polar surface area (TPSA) is 123 Å². The van der Waals surface area contributed by atoms with Gasteiger partial charge in [-0.3, -0.25) is 4.79 Å². The van der Waals surface area contributed by atoms with Crippen LogP contribution in [0.1, 0.15) is 34.1 Å². The third-order valence-electron chi connectivity index (χ3n) is 3.96. The van der Waals surface area contributed by atoms with E-state index in [1.807, 2.05) is 6.07 Å². The fourth-order valence-corrected chi connectivity index (χ4v) is 3.40. The maximum absolute atomic E-state index is 12.4. The van der Waals surface area contributed by atoms with Gasteiger partial charge in [0.15, 0.2) is 6.10 Å². The van der Waals surface area contributed by atoms with Crippen LogP contribution in [0.5, 0.6) is 5.75 Å². The summed E-state index contributed by atoms with van der Waals surface area (Å²) < 4.78 is 36.6. The lowest BCUT2D eigenvalue weighted by atomic mass is 10.1. The number of methoxy groups -OCH3 is 1. The van der Waals surface area contributed by atoms with Crippen LogP contribution in [-0.2, 0) is 14.8 Å². The Balaban J connectivity index is 2.02. The highest BCUT2D eigenvalue weighted by molar-refractivity contribution is 7.89. The van der Waals surface area contributed by atoms with Crippen LogP contribution in [0.4, 0.5) is 0 Å². The first kappa shape index (κ1) is 22.1. The lowest BCUT2D eigenvalue weighted by molar-refractivity contribution is 0.0318. The van der Waals surface area contributed by atoms with E-state index in [-0.39, 0.29) is 29.2 Å². The third-order valence-corrected chi connectivity index (χ3v) is 5.43. The second-order valence-corrected chi connectivity index (χ2v) is 7.74. The second-order valence-electron chi connectivity index (χ2n) is 5.97. The first-order chi connectivity index (χ1) is 13.8. The molecule has 0 aliphatic carbocycles. The van der Waals surface area contributed by atoms with E-state index in [0.29, 0.717) is 11.3 Å². The molecule has 0 fully saturated rings. The molecule has 0 aliphatic heterocycles. The minimum atomic E-state index is -3.77. The molecule has 9 heteroatoms. The predicted molar refractivity (Wildman–Crippen MR) is 104 cm³/mol. The molecule has 0 aliphatic rings. The summed E-state index contributed by atoms with van der Waals surface area (Å²) in [6.07, 6.45) is -0.976. The Hall–Kier alpha value is -3.22. The Morgan fingerprint density at radius 3 is 2.21 bits per heavy atom. The molecule has 152 valence electrons. The summed E-state index contributed by atoms with van der Waals surface area (Å²) in [6.45, 7) is 1.45. The average molecular weight is 416 g/mol. The molecule has 8 nitrogen and oxygen atoms in total. The van der Waals surface area contributed by atoms with Gasteiger partial charge in [0, 0.05) is 18.5 Å². The Labute approximate surface area is 169 Å². The number of hydrogen-bond donors (Lipinski definition) is 1. The number of nitrogens with one attached hydrogen (secondary N) is 1. The Kier molecular flexibility index (Phi) is 7.47. The molecule has 0 saturated carbocycles. The number of rotatable bonds is 9. The first-order valence-electron chi connectivity index (χ1n) is 8.64. The number of carbonyl (C=O) groups is 2. The van der Waals surface area contributed by atoms with Crippen molar-refractivity contribution in [1.29, 1.82) is 5.26 Å². The van der Waals surface area contributed by atoms with E-state index in [4.69, 9.17) is 14.7 Å². The average Bonchev–Trinajstić information content (AvgIpc) is 2.73. The van der Waals surface area contributed by atoms with Crippen molar-refractivity contribution in [3.05, 3.63) is 59.7 Å². The van der Waals surface area contributed by atoms with Crippen LogP contribution in [0, 0.1) is 11.3 Å². The summed E-state index contributed by atoms with van der Waals surface area (Å²) in [5, 5.41) is 8.47. The molecule has 0 radical (unpaired) electrons. The molecule has 0 aromatic heterocycles. The van der Waals surface area contributed by atoms with Crippen molar-refractivity contribution in [1.82, 2.24) is 4.72 Å². The van der Waals surface area contributed by atoms with Crippen molar-refractivity contribution in [2.75, 3.05) is 13.7 Å². The van der Waals surface area contributed by atoms with Crippen LogP contribution in [0.15, 0.2) is 53.4 Å². The number of esters is 1. The van der Waals surface area contributed by atoms with Gasteiger partial charge in [0.1, 0.15) is 5.75 Å². The van der Waals surface area contributed by atoms with Crippen LogP contribution in [0.2, 0.25) is 0 Å². The predicted octanol–water partition coefficient (Wildman–Crippen LogP) is 2.32. The summed E-state index contributed by atoms with van der Waals surface area (Å²) >= 11 is 0. The summed E-state index contributed by atoms with van der Waals surface area (Å²) in [6, 6.07) is 13.3. The van der Waals surface area contributed by atoms with E-state index in [2.05, 4.69) is 4.72 Å². The molecule has 2 aromatic carbocycles. The SMILES string of the molecule is COc1ccc(C(=O)[C@H](C)OC(=O)c2ccc(S(=O)(=O)NCCC#N)cc2)cc1. The number of ketones is 1. The molecule has 0 heterocycles. The van der Waals surface area contributed by atoms with Gasteiger partial charge in [-0.1, -0.05) is 0 Å². The Bertz CT molecular complexity index is 1010.